The van der Waals surface area contributed by atoms with Crippen LogP contribution in [-0.2, 0) is 9.53 Å². The van der Waals surface area contributed by atoms with Gasteiger partial charge >= 0.3 is 0 Å². The standard InChI is InChI=1S/C13H19NO3/c1-13(2,3)17-9-12(15)14-10-7-5-6-8-11(10)16-4/h5-8H,9H2,1-4H3,(H,14,15). The lowest BCUT2D eigenvalue weighted by Crippen LogP contribution is -2.27. The van der Waals surface area contributed by atoms with Crippen LogP contribution in [0.2, 0.25) is 0 Å². The number of anilines is 1. The quantitative estimate of drug-likeness (QED) is 0.875. The molecule has 1 aromatic rings. The lowest BCUT2D eigenvalue weighted by atomic mass is 10.2. The Hall–Kier alpha value is -1.55. The highest BCUT2D eigenvalue weighted by molar-refractivity contribution is 5.93. The molecule has 4 heteroatoms. The number of hydrogen-bond donors (Lipinski definition) is 1. The summed E-state index contributed by atoms with van der Waals surface area (Å²) in [5, 5.41) is 2.75. The van der Waals surface area contributed by atoms with Crippen molar-refractivity contribution in [3.8, 4) is 5.75 Å². The fourth-order valence-corrected chi connectivity index (χ4v) is 1.22. The number of nitrogens with one attached hydrogen (secondary N) is 1. The summed E-state index contributed by atoms with van der Waals surface area (Å²) in [7, 11) is 1.57. The Bertz CT molecular complexity index is 382. The van der Waals surface area contributed by atoms with Gasteiger partial charge in [0.15, 0.2) is 0 Å². The van der Waals surface area contributed by atoms with Gasteiger partial charge in [-0.05, 0) is 32.9 Å². The maximum atomic E-state index is 11.6. The van der Waals surface area contributed by atoms with Gasteiger partial charge < -0.3 is 14.8 Å². The minimum absolute atomic E-state index is 0.0293. The van der Waals surface area contributed by atoms with Gasteiger partial charge in [-0.3, -0.25) is 4.79 Å². The van der Waals surface area contributed by atoms with Crippen LogP contribution in [0.5, 0.6) is 5.75 Å². The first kappa shape index (κ1) is 13.5. The van der Waals surface area contributed by atoms with Crippen molar-refractivity contribution in [2.24, 2.45) is 0 Å². The van der Waals surface area contributed by atoms with E-state index in [1.807, 2.05) is 32.9 Å². The van der Waals surface area contributed by atoms with Crippen LogP contribution in [-0.4, -0.2) is 25.2 Å². The third kappa shape index (κ3) is 4.87. The van der Waals surface area contributed by atoms with Crippen LogP contribution in [0, 0.1) is 0 Å². The van der Waals surface area contributed by atoms with E-state index < -0.39 is 0 Å². The number of benzene rings is 1. The third-order valence-corrected chi connectivity index (χ3v) is 2.02. The number of amides is 1. The van der Waals surface area contributed by atoms with E-state index in [0.29, 0.717) is 11.4 Å². The summed E-state index contributed by atoms with van der Waals surface area (Å²) in [5.74, 6) is 0.445. The Balaban J connectivity index is 2.56. The van der Waals surface area contributed by atoms with Crippen LogP contribution in [0.25, 0.3) is 0 Å². The lowest BCUT2D eigenvalue weighted by molar-refractivity contribution is -0.125. The first-order valence-corrected chi connectivity index (χ1v) is 5.49. The third-order valence-electron chi connectivity index (χ3n) is 2.02. The van der Waals surface area contributed by atoms with Crippen molar-refractivity contribution in [3.63, 3.8) is 0 Å². The van der Waals surface area contributed by atoms with E-state index >= 15 is 0 Å². The Morgan fingerprint density at radius 2 is 1.94 bits per heavy atom. The molecule has 0 aliphatic heterocycles. The van der Waals surface area contributed by atoms with E-state index in [9.17, 15) is 4.79 Å². The summed E-state index contributed by atoms with van der Waals surface area (Å²) in [5.41, 5.74) is 0.329. The molecule has 0 radical (unpaired) electrons. The first-order valence-electron chi connectivity index (χ1n) is 5.49. The second-order valence-corrected chi connectivity index (χ2v) is 4.65. The molecule has 0 saturated heterocycles. The Morgan fingerprint density at radius 3 is 2.53 bits per heavy atom. The number of carbonyl (C=O) groups excluding carboxylic acids is 1. The molecule has 1 N–H and O–H groups in total. The molecule has 0 saturated carbocycles. The number of hydrogen-bond acceptors (Lipinski definition) is 3. The molecule has 17 heavy (non-hydrogen) atoms. The molecule has 1 rings (SSSR count). The average Bonchev–Trinajstić information content (AvgIpc) is 2.26. The highest BCUT2D eigenvalue weighted by Crippen LogP contribution is 2.22. The molecule has 1 amide bonds. The molecule has 0 aliphatic carbocycles. The summed E-state index contributed by atoms with van der Waals surface area (Å²) >= 11 is 0. The summed E-state index contributed by atoms with van der Waals surface area (Å²) in [6.45, 7) is 5.75. The number of methoxy groups -OCH3 is 1. The van der Waals surface area contributed by atoms with E-state index in [4.69, 9.17) is 9.47 Å². The molecule has 0 unspecified atom stereocenters. The smallest absolute Gasteiger partial charge is 0.250 e. The normalized spacial score (nSPS) is 11.1. The van der Waals surface area contributed by atoms with Crippen molar-refractivity contribution in [1.29, 1.82) is 0 Å². The van der Waals surface area contributed by atoms with E-state index in [1.165, 1.54) is 0 Å². The van der Waals surface area contributed by atoms with E-state index in [0.717, 1.165) is 0 Å². The summed E-state index contributed by atoms with van der Waals surface area (Å²) in [6.07, 6.45) is 0. The highest BCUT2D eigenvalue weighted by Gasteiger charge is 2.13. The molecule has 0 bridgehead atoms. The van der Waals surface area contributed by atoms with E-state index in [-0.39, 0.29) is 18.1 Å². The molecule has 0 atom stereocenters. The van der Waals surface area contributed by atoms with Crippen molar-refractivity contribution in [1.82, 2.24) is 0 Å². The molecule has 4 nitrogen and oxygen atoms in total. The van der Waals surface area contributed by atoms with Crippen LogP contribution in [0.1, 0.15) is 20.8 Å². The zero-order valence-electron chi connectivity index (χ0n) is 10.7. The second-order valence-electron chi connectivity index (χ2n) is 4.65. The molecule has 94 valence electrons. The van der Waals surface area contributed by atoms with Gasteiger partial charge in [0.05, 0.1) is 18.4 Å². The predicted octanol–water partition coefficient (Wildman–Crippen LogP) is 2.45. The molecular weight excluding hydrogens is 218 g/mol. The monoisotopic (exact) mass is 237 g/mol. The molecule has 0 heterocycles. The number of ether oxygens (including phenoxy) is 2. The van der Waals surface area contributed by atoms with Gasteiger partial charge in [0.25, 0.3) is 0 Å². The highest BCUT2D eigenvalue weighted by atomic mass is 16.5. The van der Waals surface area contributed by atoms with Gasteiger partial charge in [0.2, 0.25) is 5.91 Å². The summed E-state index contributed by atoms with van der Waals surface area (Å²) < 4.78 is 10.5. The lowest BCUT2D eigenvalue weighted by Gasteiger charge is -2.19. The van der Waals surface area contributed by atoms with Gasteiger partial charge in [-0.2, -0.15) is 0 Å². The first-order chi connectivity index (χ1) is 7.92. The van der Waals surface area contributed by atoms with Crippen molar-refractivity contribution >= 4 is 11.6 Å². The number of carbonyl (C=O) groups is 1. The average molecular weight is 237 g/mol. The van der Waals surface area contributed by atoms with Gasteiger partial charge in [-0.25, -0.2) is 0 Å². The molecular formula is C13H19NO3. The zero-order chi connectivity index (χ0) is 12.9. The van der Waals surface area contributed by atoms with E-state index in [1.54, 1.807) is 19.2 Å². The minimum Gasteiger partial charge on any atom is -0.495 e. The number of para-hydroxylation sites is 2. The van der Waals surface area contributed by atoms with E-state index in [2.05, 4.69) is 5.32 Å². The summed E-state index contributed by atoms with van der Waals surface area (Å²) in [4.78, 5) is 11.6. The maximum Gasteiger partial charge on any atom is 0.250 e. The SMILES string of the molecule is COc1ccccc1NC(=O)COC(C)(C)C. The van der Waals surface area contributed by atoms with Gasteiger partial charge in [0.1, 0.15) is 12.4 Å². The fraction of sp³-hybridized carbons (Fsp3) is 0.462. The Labute approximate surface area is 102 Å². The van der Waals surface area contributed by atoms with Gasteiger partial charge in [-0.15, -0.1) is 0 Å². The van der Waals surface area contributed by atoms with Crippen molar-refractivity contribution in [2.45, 2.75) is 26.4 Å². The van der Waals surface area contributed by atoms with Crippen LogP contribution in [0.4, 0.5) is 5.69 Å². The Kier molecular flexibility index (Phi) is 4.52. The molecule has 0 fully saturated rings. The molecule has 0 aliphatic rings. The molecule has 0 spiro atoms. The minimum atomic E-state index is -0.321. The van der Waals surface area contributed by atoms with Crippen molar-refractivity contribution in [3.05, 3.63) is 24.3 Å². The van der Waals surface area contributed by atoms with Crippen LogP contribution < -0.4 is 10.1 Å². The largest absolute Gasteiger partial charge is 0.495 e. The zero-order valence-corrected chi connectivity index (χ0v) is 10.7. The molecule has 0 aromatic heterocycles. The summed E-state index contributed by atoms with van der Waals surface area (Å²) in [6, 6.07) is 7.26. The fourth-order valence-electron chi connectivity index (χ4n) is 1.22. The van der Waals surface area contributed by atoms with Crippen LogP contribution >= 0.6 is 0 Å². The van der Waals surface area contributed by atoms with Crippen LogP contribution in [0.15, 0.2) is 24.3 Å². The Morgan fingerprint density at radius 1 is 1.29 bits per heavy atom. The van der Waals surface area contributed by atoms with Gasteiger partial charge in [0, 0.05) is 0 Å². The van der Waals surface area contributed by atoms with Gasteiger partial charge in [-0.1, -0.05) is 12.1 Å². The molecule has 1 aromatic carbocycles. The van der Waals surface area contributed by atoms with Crippen molar-refractivity contribution < 1.29 is 14.3 Å². The number of rotatable bonds is 4. The van der Waals surface area contributed by atoms with Crippen molar-refractivity contribution in [2.75, 3.05) is 19.0 Å². The second kappa shape index (κ2) is 5.68. The predicted molar refractivity (Wildman–Crippen MR) is 67.3 cm³/mol. The van der Waals surface area contributed by atoms with Crippen LogP contribution in [0.3, 0.4) is 0 Å². The maximum absolute atomic E-state index is 11.6. The topological polar surface area (TPSA) is 47.6 Å².